The van der Waals surface area contributed by atoms with Crippen molar-refractivity contribution in [1.82, 2.24) is 25.1 Å². The topological polar surface area (TPSA) is 81.9 Å². The van der Waals surface area contributed by atoms with Crippen molar-refractivity contribution in [2.75, 3.05) is 12.9 Å². The normalized spacial score (nSPS) is 10.6. The van der Waals surface area contributed by atoms with Crippen LogP contribution in [0.4, 0.5) is 0 Å². The van der Waals surface area contributed by atoms with Gasteiger partial charge in [0.2, 0.25) is 5.91 Å². The van der Waals surface area contributed by atoms with Gasteiger partial charge in [-0.1, -0.05) is 36.0 Å². The number of amides is 1. The first-order valence-corrected chi connectivity index (χ1v) is 10.6. The quantitative estimate of drug-likeness (QED) is 0.428. The van der Waals surface area contributed by atoms with Crippen LogP contribution in [0.15, 0.2) is 84.4 Å². The van der Waals surface area contributed by atoms with E-state index in [0.29, 0.717) is 11.6 Å². The van der Waals surface area contributed by atoms with E-state index in [9.17, 15) is 4.79 Å². The number of aromatic nitrogens is 4. The van der Waals surface area contributed by atoms with Crippen LogP contribution >= 0.6 is 11.8 Å². The fourth-order valence-electron chi connectivity index (χ4n) is 2.94. The Bertz CT molecular complexity index is 1130. The predicted octanol–water partition coefficient (Wildman–Crippen LogP) is 3.75. The number of nitrogens with one attached hydrogen (secondary N) is 1. The third-order valence-corrected chi connectivity index (χ3v) is 5.50. The molecule has 8 heteroatoms. The lowest BCUT2D eigenvalue weighted by atomic mass is 10.1. The van der Waals surface area contributed by atoms with Crippen molar-refractivity contribution in [1.29, 1.82) is 0 Å². The van der Waals surface area contributed by atoms with Crippen LogP contribution in [0.2, 0.25) is 0 Å². The largest absolute Gasteiger partial charge is 0.497 e. The van der Waals surface area contributed by atoms with E-state index < -0.39 is 0 Å². The van der Waals surface area contributed by atoms with Crippen LogP contribution in [0, 0.1) is 0 Å². The van der Waals surface area contributed by atoms with Gasteiger partial charge in [0, 0.05) is 30.2 Å². The second kappa shape index (κ2) is 9.90. The molecule has 2 aromatic carbocycles. The number of rotatable bonds is 8. The fraction of sp³-hybridized carbons (Fsp3) is 0.130. The van der Waals surface area contributed by atoms with Crippen LogP contribution in [0.1, 0.15) is 5.56 Å². The molecule has 156 valence electrons. The molecule has 0 fully saturated rings. The van der Waals surface area contributed by atoms with Crippen molar-refractivity contribution in [3.8, 4) is 22.7 Å². The van der Waals surface area contributed by atoms with Crippen molar-refractivity contribution >= 4 is 17.7 Å². The summed E-state index contributed by atoms with van der Waals surface area (Å²) in [6.45, 7) is 0.455. The molecular formula is C23H21N5O2S. The number of benzene rings is 2. The zero-order chi connectivity index (χ0) is 21.5. The SMILES string of the molecule is COc1cccc(CNC(=O)CSc2ccc(-c3ccc(-n4ccnc4)cc3)nn2)c1. The molecule has 0 saturated carbocycles. The average Bonchev–Trinajstić information content (AvgIpc) is 3.37. The molecule has 0 saturated heterocycles. The van der Waals surface area contributed by atoms with E-state index in [4.69, 9.17) is 4.74 Å². The first-order valence-electron chi connectivity index (χ1n) is 9.66. The Labute approximate surface area is 184 Å². The lowest BCUT2D eigenvalue weighted by molar-refractivity contribution is -0.118. The van der Waals surface area contributed by atoms with Crippen LogP contribution in [-0.2, 0) is 11.3 Å². The maximum atomic E-state index is 12.1. The van der Waals surface area contributed by atoms with E-state index in [1.54, 1.807) is 19.6 Å². The number of imidazole rings is 1. The molecule has 0 aliphatic rings. The highest BCUT2D eigenvalue weighted by molar-refractivity contribution is 7.99. The molecule has 7 nitrogen and oxygen atoms in total. The van der Waals surface area contributed by atoms with E-state index in [1.165, 1.54) is 11.8 Å². The summed E-state index contributed by atoms with van der Waals surface area (Å²) in [7, 11) is 1.62. The minimum absolute atomic E-state index is 0.0613. The summed E-state index contributed by atoms with van der Waals surface area (Å²) in [6, 6.07) is 19.4. The van der Waals surface area contributed by atoms with Crippen LogP contribution in [0.5, 0.6) is 5.75 Å². The van der Waals surface area contributed by atoms with Gasteiger partial charge in [-0.15, -0.1) is 10.2 Å². The van der Waals surface area contributed by atoms with Gasteiger partial charge in [-0.2, -0.15) is 0 Å². The number of carbonyl (C=O) groups excluding carboxylic acids is 1. The molecule has 1 amide bonds. The van der Waals surface area contributed by atoms with Crippen molar-refractivity contribution in [2.24, 2.45) is 0 Å². The Morgan fingerprint density at radius 3 is 2.68 bits per heavy atom. The van der Waals surface area contributed by atoms with Gasteiger partial charge in [0.15, 0.2) is 0 Å². The van der Waals surface area contributed by atoms with Gasteiger partial charge in [-0.25, -0.2) is 4.98 Å². The standard InChI is InChI=1S/C23H21N5O2S/c1-30-20-4-2-3-17(13-20)14-25-22(29)15-31-23-10-9-21(26-27-23)18-5-7-19(8-6-18)28-12-11-24-16-28/h2-13,16H,14-15H2,1H3,(H,25,29). The lowest BCUT2D eigenvalue weighted by Crippen LogP contribution is -2.24. The van der Waals surface area contributed by atoms with Crippen molar-refractivity contribution in [2.45, 2.75) is 11.6 Å². The highest BCUT2D eigenvalue weighted by Crippen LogP contribution is 2.21. The second-order valence-electron chi connectivity index (χ2n) is 6.69. The lowest BCUT2D eigenvalue weighted by Gasteiger charge is -2.07. The number of methoxy groups -OCH3 is 1. The number of hydrogen-bond acceptors (Lipinski definition) is 6. The van der Waals surface area contributed by atoms with E-state index in [2.05, 4.69) is 20.5 Å². The molecular weight excluding hydrogens is 410 g/mol. The van der Waals surface area contributed by atoms with Crippen molar-refractivity contribution in [3.63, 3.8) is 0 Å². The monoisotopic (exact) mass is 431 g/mol. The first-order chi connectivity index (χ1) is 15.2. The van der Waals surface area contributed by atoms with Gasteiger partial charge in [0.05, 0.1) is 24.9 Å². The van der Waals surface area contributed by atoms with Gasteiger partial charge < -0.3 is 14.6 Å². The molecule has 0 radical (unpaired) electrons. The van der Waals surface area contributed by atoms with Crippen LogP contribution in [-0.4, -0.2) is 38.5 Å². The predicted molar refractivity (Wildman–Crippen MR) is 120 cm³/mol. The third-order valence-electron chi connectivity index (χ3n) is 4.58. The van der Waals surface area contributed by atoms with Crippen LogP contribution in [0.3, 0.4) is 0 Å². The molecule has 0 bridgehead atoms. The number of hydrogen-bond donors (Lipinski definition) is 1. The maximum absolute atomic E-state index is 12.1. The van der Waals surface area contributed by atoms with Gasteiger partial charge in [0.1, 0.15) is 10.8 Å². The van der Waals surface area contributed by atoms with Crippen molar-refractivity contribution in [3.05, 3.63) is 84.9 Å². The fourth-order valence-corrected chi connectivity index (χ4v) is 3.58. The molecule has 31 heavy (non-hydrogen) atoms. The smallest absolute Gasteiger partial charge is 0.230 e. The molecule has 0 spiro atoms. The Morgan fingerprint density at radius 2 is 1.97 bits per heavy atom. The second-order valence-corrected chi connectivity index (χ2v) is 7.69. The van der Waals surface area contributed by atoms with E-state index in [0.717, 1.165) is 28.3 Å². The molecule has 2 heterocycles. The Kier molecular flexibility index (Phi) is 6.59. The molecule has 0 atom stereocenters. The molecule has 0 aliphatic heterocycles. The van der Waals surface area contributed by atoms with Crippen LogP contribution < -0.4 is 10.1 Å². The summed E-state index contributed by atoms with van der Waals surface area (Å²) < 4.78 is 7.13. The maximum Gasteiger partial charge on any atom is 0.230 e. The Hall–Kier alpha value is -3.65. The number of ether oxygens (including phenoxy) is 1. The van der Waals surface area contributed by atoms with Gasteiger partial charge in [-0.3, -0.25) is 4.79 Å². The Morgan fingerprint density at radius 1 is 1.10 bits per heavy atom. The molecule has 0 aliphatic carbocycles. The molecule has 4 aromatic rings. The zero-order valence-electron chi connectivity index (χ0n) is 16.9. The van der Waals surface area contributed by atoms with Gasteiger partial charge in [0.25, 0.3) is 0 Å². The summed E-state index contributed by atoms with van der Waals surface area (Å²) in [5.41, 5.74) is 3.77. The first kappa shape index (κ1) is 20.6. The van der Waals surface area contributed by atoms with Gasteiger partial charge >= 0.3 is 0 Å². The van der Waals surface area contributed by atoms with Crippen LogP contribution in [0.25, 0.3) is 16.9 Å². The minimum Gasteiger partial charge on any atom is -0.497 e. The third kappa shape index (κ3) is 5.49. The Balaban J connectivity index is 1.28. The summed E-state index contributed by atoms with van der Waals surface area (Å²) in [5.74, 6) is 0.985. The van der Waals surface area contributed by atoms with E-state index >= 15 is 0 Å². The summed E-state index contributed by atoms with van der Waals surface area (Å²) in [4.78, 5) is 16.2. The highest BCUT2D eigenvalue weighted by atomic mass is 32.2. The zero-order valence-corrected chi connectivity index (χ0v) is 17.7. The molecule has 4 rings (SSSR count). The molecule has 1 N–H and O–H groups in total. The highest BCUT2D eigenvalue weighted by Gasteiger charge is 2.07. The molecule has 0 unspecified atom stereocenters. The number of carbonyl (C=O) groups is 1. The van der Waals surface area contributed by atoms with Gasteiger partial charge in [-0.05, 0) is 42.0 Å². The number of thioether (sulfide) groups is 1. The van der Waals surface area contributed by atoms with E-state index in [-0.39, 0.29) is 11.7 Å². The molecule has 2 aromatic heterocycles. The summed E-state index contributed by atoms with van der Waals surface area (Å²) in [5, 5.41) is 12.1. The summed E-state index contributed by atoms with van der Waals surface area (Å²) in [6.07, 6.45) is 5.40. The minimum atomic E-state index is -0.0613. The number of nitrogens with zero attached hydrogens (tertiary/aromatic N) is 4. The average molecular weight is 432 g/mol. The summed E-state index contributed by atoms with van der Waals surface area (Å²) >= 11 is 1.36. The van der Waals surface area contributed by atoms with E-state index in [1.807, 2.05) is 71.4 Å². The van der Waals surface area contributed by atoms with Crippen molar-refractivity contribution < 1.29 is 9.53 Å².